The Morgan fingerprint density at radius 1 is 1.08 bits per heavy atom. The predicted octanol–water partition coefficient (Wildman–Crippen LogP) is 4.83. The average molecular weight is 365 g/mol. The average Bonchev–Trinajstić information content (AvgIpc) is 2.62. The highest BCUT2D eigenvalue weighted by atomic mass is 16.7. The summed E-state index contributed by atoms with van der Waals surface area (Å²) in [4.78, 5) is 12.9. The van der Waals surface area contributed by atoms with Crippen LogP contribution in [0.25, 0.3) is 0 Å². The van der Waals surface area contributed by atoms with Crippen LogP contribution in [0.2, 0.25) is 6.32 Å². The highest BCUT2D eigenvalue weighted by molar-refractivity contribution is 6.45. The highest BCUT2D eigenvalue weighted by Crippen LogP contribution is 2.45. The Balaban J connectivity index is 1.95. The van der Waals surface area contributed by atoms with Gasteiger partial charge in [0, 0.05) is 11.0 Å². The van der Waals surface area contributed by atoms with Gasteiger partial charge >= 0.3 is 7.12 Å². The minimum absolute atomic E-state index is 0.133. The largest absolute Gasteiger partial charge is 0.457 e. The van der Waals surface area contributed by atoms with E-state index in [0.29, 0.717) is 11.8 Å². The molecule has 1 saturated heterocycles. The number of carbonyl (C=O) groups excluding carboxylic acids is 1. The fraction of sp³-hybridized carbons (Fsp3) is 0.952. The minimum atomic E-state index is -0.272. The van der Waals surface area contributed by atoms with Crippen LogP contribution >= 0.6 is 0 Å². The number of rotatable bonds is 4. The zero-order valence-corrected chi connectivity index (χ0v) is 18.5. The van der Waals surface area contributed by atoms with Crippen LogP contribution in [-0.2, 0) is 14.1 Å². The first-order valence-electron chi connectivity index (χ1n) is 10.3. The first-order chi connectivity index (χ1) is 11.6. The molecule has 150 valence electrons. The third kappa shape index (κ3) is 5.04. The molecule has 1 heterocycles. The second kappa shape index (κ2) is 7.12. The van der Waals surface area contributed by atoms with Gasteiger partial charge in [-0.3, -0.25) is 4.79 Å². The van der Waals surface area contributed by atoms with Gasteiger partial charge in [0.2, 0.25) is 5.91 Å². The van der Waals surface area contributed by atoms with E-state index in [0.717, 1.165) is 25.6 Å². The highest BCUT2D eigenvalue weighted by Gasteiger charge is 2.51. The van der Waals surface area contributed by atoms with Gasteiger partial charge in [0.05, 0.1) is 11.2 Å². The van der Waals surface area contributed by atoms with E-state index < -0.39 is 0 Å². The summed E-state index contributed by atoms with van der Waals surface area (Å²) >= 11 is 0. The molecule has 0 spiro atoms. The molecule has 1 N–H and O–H groups in total. The SMILES string of the molecule is CC1CC(CCB2OC(C)(C)C(C)(C)O2)CC(C)(C(=O)NC(C)(C)C)C1. The molecule has 3 atom stereocenters. The Kier molecular flexibility index (Phi) is 5.96. The van der Waals surface area contributed by atoms with Crippen molar-refractivity contribution in [3.63, 3.8) is 0 Å². The zero-order chi connectivity index (χ0) is 20.0. The van der Waals surface area contributed by atoms with Crippen molar-refractivity contribution in [3.8, 4) is 0 Å². The van der Waals surface area contributed by atoms with Crippen LogP contribution in [0.1, 0.15) is 88.0 Å². The lowest BCUT2D eigenvalue weighted by atomic mass is 9.63. The summed E-state index contributed by atoms with van der Waals surface area (Å²) in [6, 6.07) is 0. The first-order valence-corrected chi connectivity index (χ1v) is 10.3. The van der Waals surface area contributed by atoms with Crippen LogP contribution in [0.4, 0.5) is 0 Å². The fourth-order valence-electron chi connectivity index (χ4n) is 4.58. The van der Waals surface area contributed by atoms with Gasteiger partial charge in [0.25, 0.3) is 0 Å². The molecule has 2 rings (SSSR count). The lowest BCUT2D eigenvalue weighted by Crippen LogP contribution is -2.50. The zero-order valence-electron chi connectivity index (χ0n) is 18.5. The van der Waals surface area contributed by atoms with Crippen molar-refractivity contribution in [3.05, 3.63) is 0 Å². The van der Waals surface area contributed by atoms with E-state index in [1.807, 2.05) is 0 Å². The minimum Gasteiger partial charge on any atom is -0.403 e. The molecule has 2 aliphatic rings. The Labute approximate surface area is 161 Å². The third-order valence-corrected chi connectivity index (χ3v) is 6.42. The van der Waals surface area contributed by atoms with Crippen LogP contribution in [0.3, 0.4) is 0 Å². The Hall–Kier alpha value is -0.545. The summed E-state index contributed by atoms with van der Waals surface area (Å²) in [5.74, 6) is 1.33. The molecule has 1 aliphatic heterocycles. The number of hydrogen-bond acceptors (Lipinski definition) is 3. The number of carbonyl (C=O) groups is 1. The summed E-state index contributed by atoms with van der Waals surface area (Å²) in [7, 11) is -0.133. The maximum Gasteiger partial charge on any atom is 0.457 e. The molecule has 1 aliphatic carbocycles. The van der Waals surface area contributed by atoms with E-state index in [9.17, 15) is 4.79 Å². The van der Waals surface area contributed by atoms with E-state index >= 15 is 0 Å². The van der Waals surface area contributed by atoms with E-state index in [1.165, 1.54) is 6.42 Å². The number of amides is 1. The molecule has 5 heteroatoms. The smallest absolute Gasteiger partial charge is 0.403 e. The normalized spacial score (nSPS) is 34.0. The van der Waals surface area contributed by atoms with Crippen LogP contribution < -0.4 is 5.32 Å². The van der Waals surface area contributed by atoms with Gasteiger partial charge in [-0.25, -0.2) is 0 Å². The quantitative estimate of drug-likeness (QED) is 0.726. The monoisotopic (exact) mass is 365 g/mol. The molecule has 1 saturated carbocycles. The lowest BCUT2D eigenvalue weighted by Gasteiger charge is -2.41. The van der Waals surface area contributed by atoms with Crippen LogP contribution in [0.15, 0.2) is 0 Å². The Morgan fingerprint density at radius 2 is 1.62 bits per heavy atom. The van der Waals surface area contributed by atoms with E-state index in [1.54, 1.807) is 0 Å². The van der Waals surface area contributed by atoms with Gasteiger partial charge in [-0.05, 0) is 85.9 Å². The molecule has 1 amide bonds. The predicted molar refractivity (Wildman–Crippen MR) is 108 cm³/mol. The van der Waals surface area contributed by atoms with Gasteiger partial charge in [-0.2, -0.15) is 0 Å². The molecule has 0 radical (unpaired) electrons. The molecular formula is C21H40BNO3. The molecular weight excluding hydrogens is 325 g/mol. The number of hydrogen-bond donors (Lipinski definition) is 1. The second-order valence-corrected chi connectivity index (χ2v) is 11.1. The summed E-state index contributed by atoms with van der Waals surface area (Å²) < 4.78 is 12.3. The van der Waals surface area contributed by atoms with Gasteiger partial charge in [0.1, 0.15) is 0 Å². The standard InChI is InChI=1S/C21H40BNO3/c1-15-12-16(10-11-22-25-19(5,6)20(7,8)26-22)14-21(9,13-15)17(24)23-18(2,3)4/h15-16H,10-14H2,1-9H3,(H,23,24). The molecule has 2 fully saturated rings. The number of nitrogens with one attached hydrogen (secondary N) is 1. The molecule has 0 aromatic heterocycles. The molecule has 26 heavy (non-hydrogen) atoms. The Bertz CT molecular complexity index is 510. The molecule has 4 nitrogen and oxygen atoms in total. The van der Waals surface area contributed by atoms with Gasteiger partial charge in [0.15, 0.2) is 0 Å². The molecule has 0 aromatic rings. The second-order valence-electron chi connectivity index (χ2n) is 11.1. The topological polar surface area (TPSA) is 47.6 Å². The Morgan fingerprint density at radius 3 is 2.12 bits per heavy atom. The van der Waals surface area contributed by atoms with Crippen molar-refractivity contribution >= 4 is 13.0 Å². The van der Waals surface area contributed by atoms with Gasteiger partial charge in [-0.15, -0.1) is 0 Å². The van der Waals surface area contributed by atoms with Crippen molar-refractivity contribution in [1.82, 2.24) is 5.32 Å². The van der Waals surface area contributed by atoms with Crippen molar-refractivity contribution in [1.29, 1.82) is 0 Å². The summed E-state index contributed by atoms with van der Waals surface area (Å²) in [6.07, 6.45) is 5.08. The van der Waals surface area contributed by atoms with E-state index in [-0.39, 0.29) is 35.2 Å². The van der Waals surface area contributed by atoms with Crippen LogP contribution in [0, 0.1) is 17.3 Å². The van der Waals surface area contributed by atoms with E-state index in [4.69, 9.17) is 9.31 Å². The van der Waals surface area contributed by atoms with E-state index in [2.05, 4.69) is 67.6 Å². The van der Waals surface area contributed by atoms with Crippen molar-refractivity contribution < 1.29 is 14.1 Å². The van der Waals surface area contributed by atoms with Gasteiger partial charge in [-0.1, -0.05) is 20.3 Å². The molecule has 0 bridgehead atoms. The van der Waals surface area contributed by atoms with Gasteiger partial charge < -0.3 is 14.6 Å². The van der Waals surface area contributed by atoms with Crippen molar-refractivity contribution in [2.24, 2.45) is 17.3 Å². The van der Waals surface area contributed by atoms with Crippen LogP contribution in [0.5, 0.6) is 0 Å². The maximum absolute atomic E-state index is 12.9. The molecule has 3 unspecified atom stereocenters. The van der Waals surface area contributed by atoms with Crippen molar-refractivity contribution in [2.75, 3.05) is 0 Å². The third-order valence-electron chi connectivity index (χ3n) is 6.42. The lowest BCUT2D eigenvalue weighted by molar-refractivity contribution is -0.135. The molecule has 0 aromatic carbocycles. The van der Waals surface area contributed by atoms with Crippen molar-refractivity contribution in [2.45, 2.75) is 111 Å². The summed E-state index contributed by atoms with van der Waals surface area (Å²) in [6.45, 7) is 19.0. The summed E-state index contributed by atoms with van der Waals surface area (Å²) in [5.41, 5.74) is -0.984. The fourth-order valence-corrected chi connectivity index (χ4v) is 4.58. The first kappa shape index (κ1) is 21.8. The summed E-state index contributed by atoms with van der Waals surface area (Å²) in [5, 5.41) is 3.20. The maximum atomic E-state index is 12.9. The van der Waals surface area contributed by atoms with Crippen LogP contribution in [-0.4, -0.2) is 29.8 Å².